The highest BCUT2D eigenvalue weighted by atomic mass is 16.5. The summed E-state index contributed by atoms with van der Waals surface area (Å²) in [5.74, 6) is -0.216. The minimum Gasteiger partial charge on any atom is -0.469 e. The first-order valence-electron chi connectivity index (χ1n) is 30.0. The third kappa shape index (κ3) is 42.8. The number of nitrogens with one attached hydrogen (secondary N) is 4. The molecule has 0 spiro atoms. The van der Waals surface area contributed by atoms with Crippen molar-refractivity contribution >= 4 is 75.2 Å². The first-order valence-corrected chi connectivity index (χ1v) is 30.0. The van der Waals surface area contributed by atoms with Crippen molar-refractivity contribution in [3.05, 3.63) is 29.8 Å². The normalized spacial score (nSPS) is 11.9. The molecule has 1 aromatic rings. The van der Waals surface area contributed by atoms with Crippen LogP contribution < -0.4 is 11.1 Å². The van der Waals surface area contributed by atoms with Gasteiger partial charge in [-0.25, -0.2) is 0 Å². The van der Waals surface area contributed by atoms with Crippen molar-refractivity contribution in [3.8, 4) is 0 Å². The number of esters is 1. The number of anilines is 1. The lowest BCUT2D eigenvalue weighted by Crippen LogP contribution is -2.42. The lowest BCUT2D eigenvalue weighted by molar-refractivity contribution is -0.141. The summed E-state index contributed by atoms with van der Waals surface area (Å²) < 4.78 is 4.82. The Labute approximate surface area is 496 Å². The third-order valence-corrected chi connectivity index (χ3v) is 14.6. The minimum atomic E-state index is -0.364. The largest absolute Gasteiger partial charge is 0.469 e. The Kier molecular flexibility index (Phi) is 40.8. The Hall–Kier alpha value is -5.58. The summed E-state index contributed by atoms with van der Waals surface area (Å²) in [4.78, 5) is 122. The lowest BCUT2D eigenvalue weighted by atomic mass is 9.96. The van der Waals surface area contributed by atoms with Gasteiger partial charge in [0.15, 0.2) is 0 Å². The van der Waals surface area contributed by atoms with Gasteiger partial charge in [-0.15, -0.1) is 0 Å². The molecule has 0 aliphatic carbocycles. The van der Waals surface area contributed by atoms with Gasteiger partial charge in [0.1, 0.15) is 40.5 Å². The number of hydrogen-bond acceptors (Lipinski definition) is 20. The zero-order chi connectivity index (χ0) is 62.1. The van der Waals surface area contributed by atoms with E-state index in [1.807, 2.05) is 29.2 Å². The Morgan fingerprint density at radius 1 is 0.398 bits per heavy atom. The summed E-state index contributed by atoms with van der Waals surface area (Å²) in [5, 5.41) is 30.4. The molecule has 21 nitrogen and oxygen atoms in total. The van der Waals surface area contributed by atoms with Gasteiger partial charge in [-0.05, 0) is 117 Å². The zero-order valence-electron chi connectivity index (χ0n) is 52.0. The molecule has 0 saturated carbocycles. The number of hydrogen-bond donors (Lipinski definition) is 5. The highest BCUT2D eigenvalue weighted by Crippen LogP contribution is 2.18. The van der Waals surface area contributed by atoms with E-state index < -0.39 is 0 Å². The van der Waals surface area contributed by atoms with Gasteiger partial charge in [-0.2, -0.15) is 0 Å². The number of rotatable bonds is 54. The molecule has 1 unspecified atom stereocenters. The van der Waals surface area contributed by atoms with E-state index in [1.54, 1.807) is 41.5 Å². The van der Waals surface area contributed by atoms with Crippen LogP contribution in [0, 0.1) is 22.1 Å². The number of ketones is 7. The summed E-state index contributed by atoms with van der Waals surface area (Å²) in [6.45, 7) is 20.0. The summed E-state index contributed by atoms with van der Waals surface area (Å²) in [6, 6.07) is 7.76. The second-order valence-electron chi connectivity index (χ2n) is 22.7. The van der Waals surface area contributed by atoms with Crippen LogP contribution in [-0.2, 0) is 54.3 Å². The van der Waals surface area contributed by atoms with Crippen molar-refractivity contribution < 1.29 is 47.9 Å². The Balaban J connectivity index is 3.63. The fraction of sp³-hybridized carbons (Fsp3) is 0.710. The average Bonchev–Trinajstić information content (AvgIpc) is 3.43. The predicted molar refractivity (Wildman–Crippen MR) is 329 cm³/mol. The average molecular weight is 1160 g/mol. The number of methoxy groups -OCH3 is 1. The fourth-order valence-corrected chi connectivity index (χ4v) is 9.23. The molecule has 1 amide bonds. The van der Waals surface area contributed by atoms with Crippen molar-refractivity contribution in [2.24, 2.45) is 5.92 Å². The van der Waals surface area contributed by atoms with Gasteiger partial charge in [0.2, 0.25) is 5.91 Å². The smallest absolute Gasteiger partial charge is 0.306 e. The Morgan fingerprint density at radius 3 is 0.964 bits per heavy atom. The molecule has 6 N–H and O–H groups in total. The summed E-state index contributed by atoms with van der Waals surface area (Å²) in [7, 11) is 1.33. The first kappa shape index (κ1) is 75.4. The fourth-order valence-electron chi connectivity index (χ4n) is 9.23. The Bertz CT molecular complexity index is 2090. The number of carbonyl (C=O) groups excluding carboxylic acids is 9. The van der Waals surface area contributed by atoms with Crippen LogP contribution >= 0.6 is 0 Å². The summed E-state index contributed by atoms with van der Waals surface area (Å²) >= 11 is 0. The standard InChI is InChI=1S/C62H105N11O10/c1-48(74)13-29-68(30-14-49(2)75)36-20-58(64)23-39-72(40-24-59(65)21-37-69(31-15-50(3)76)32-16-51(4)77)46-56(45-55-9-11-57(63)12-10-55)47-73(41-25-60(66)22-38-70(33-17-52(5)78)34-18-53(6)79)42-26-61(81)67-28-44-71(35-19-54(7)80)43-27-62(82)83-8/h9-12,56,64-66H,13-47,63H2,1-8H3,(H,67,81). The van der Waals surface area contributed by atoms with Crippen LogP contribution in [0.1, 0.15) is 150 Å². The van der Waals surface area contributed by atoms with Crippen molar-refractivity contribution in [2.45, 2.75) is 151 Å². The molecule has 0 radical (unpaired) electrons. The van der Waals surface area contributed by atoms with Crippen molar-refractivity contribution in [3.63, 3.8) is 0 Å². The van der Waals surface area contributed by atoms with E-state index in [0.717, 1.165) is 5.56 Å². The van der Waals surface area contributed by atoms with Gasteiger partial charge in [0, 0.05) is 199 Å². The molecule has 0 aromatic heterocycles. The molecule has 21 heteroatoms. The minimum absolute atomic E-state index is 0.0204. The summed E-state index contributed by atoms with van der Waals surface area (Å²) in [5.41, 5.74) is 9.41. The number of carbonyl (C=O) groups is 9. The second-order valence-corrected chi connectivity index (χ2v) is 22.7. The van der Waals surface area contributed by atoms with Crippen molar-refractivity contribution in [1.82, 2.24) is 34.7 Å². The molecule has 468 valence electrons. The van der Waals surface area contributed by atoms with Crippen LogP contribution in [-0.4, -0.2) is 230 Å². The number of nitrogen functional groups attached to an aromatic ring is 1. The van der Waals surface area contributed by atoms with Crippen LogP contribution in [0.5, 0.6) is 0 Å². The van der Waals surface area contributed by atoms with Gasteiger partial charge in [0.25, 0.3) is 0 Å². The Morgan fingerprint density at radius 2 is 0.663 bits per heavy atom. The van der Waals surface area contributed by atoms with Crippen LogP contribution in [0.3, 0.4) is 0 Å². The van der Waals surface area contributed by atoms with Crippen LogP contribution in [0.4, 0.5) is 5.69 Å². The first-order chi connectivity index (χ1) is 39.3. The molecule has 1 aromatic carbocycles. The van der Waals surface area contributed by atoms with Crippen LogP contribution in [0.25, 0.3) is 0 Å². The second kappa shape index (κ2) is 44.9. The highest BCUT2D eigenvalue weighted by molar-refractivity contribution is 5.83. The van der Waals surface area contributed by atoms with E-state index in [1.165, 1.54) is 14.0 Å². The van der Waals surface area contributed by atoms with Crippen molar-refractivity contribution in [2.75, 3.05) is 137 Å². The molecule has 0 aliphatic heterocycles. The number of nitrogens with zero attached hydrogens (tertiary/aromatic N) is 6. The lowest BCUT2D eigenvalue weighted by Gasteiger charge is -2.32. The molecule has 0 saturated heterocycles. The quantitative estimate of drug-likeness (QED) is 0.0303. The zero-order valence-corrected chi connectivity index (χ0v) is 52.0. The van der Waals surface area contributed by atoms with E-state index in [9.17, 15) is 43.2 Å². The SMILES string of the molecule is COC(=O)CCN(CCNC(=O)CCN(CCC(=N)CCN(CCC(C)=O)CCC(C)=O)CC(Cc1ccc(N)cc1)CN(CCC(=N)CCN(CCC(C)=O)CCC(C)=O)CCC(=N)CCN(CCC(C)=O)CCC(C)=O)CCC(C)=O. The van der Waals surface area contributed by atoms with Crippen LogP contribution in [0.2, 0.25) is 0 Å². The van der Waals surface area contributed by atoms with E-state index in [2.05, 4.69) is 29.8 Å². The maximum atomic E-state index is 13.7. The van der Waals surface area contributed by atoms with E-state index >= 15 is 0 Å². The van der Waals surface area contributed by atoms with Crippen LogP contribution in [0.15, 0.2) is 24.3 Å². The van der Waals surface area contributed by atoms with Gasteiger partial charge < -0.3 is 61.4 Å². The summed E-state index contributed by atoms with van der Waals surface area (Å²) in [6.07, 6.45) is 6.08. The molecule has 0 bridgehead atoms. The van der Waals surface area contributed by atoms with Gasteiger partial charge in [-0.1, -0.05) is 12.1 Å². The molecule has 1 atom stereocenters. The maximum Gasteiger partial charge on any atom is 0.306 e. The van der Waals surface area contributed by atoms with Crippen molar-refractivity contribution in [1.29, 1.82) is 16.2 Å². The van der Waals surface area contributed by atoms with Gasteiger partial charge >= 0.3 is 5.97 Å². The van der Waals surface area contributed by atoms with E-state index in [-0.39, 0.29) is 71.1 Å². The molecule has 1 rings (SSSR count). The number of ether oxygens (including phenoxy) is 1. The number of nitrogens with two attached hydrogens (primary N) is 1. The molecule has 0 fully saturated rings. The number of amides is 1. The van der Waals surface area contributed by atoms with Gasteiger partial charge in [-0.3, -0.25) is 43.2 Å². The monoisotopic (exact) mass is 1160 g/mol. The van der Waals surface area contributed by atoms with Gasteiger partial charge in [0.05, 0.1) is 13.5 Å². The third-order valence-electron chi connectivity index (χ3n) is 14.6. The predicted octanol–water partition coefficient (Wildman–Crippen LogP) is 5.56. The topological polar surface area (TPSA) is 292 Å². The van der Waals surface area contributed by atoms with E-state index in [0.29, 0.717) is 237 Å². The molecule has 0 heterocycles. The maximum absolute atomic E-state index is 13.7. The highest BCUT2D eigenvalue weighted by Gasteiger charge is 2.23. The number of benzene rings is 1. The van der Waals surface area contributed by atoms with E-state index in [4.69, 9.17) is 26.7 Å². The molecule has 83 heavy (non-hydrogen) atoms. The molecular formula is C62H105N11O10. The molecule has 0 aliphatic rings. The number of Topliss-reactive ketones (excluding diaryl/α,β-unsaturated/α-hetero) is 7. The molecular weight excluding hydrogens is 1060 g/mol.